The minimum atomic E-state index is 0.0923. The van der Waals surface area contributed by atoms with Crippen LogP contribution in [0.1, 0.15) is 29.9 Å². The average molecular weight is 319 g/mol. The smallest absolute Gasteiger partial charge is 0.256 e. The molecule has 0 bridgehead atoms. The van der Waals surface area contributed by atoms with Crippen molar-refractivity contribution in [1.82, 2.24) is 18.9 Å². The Morgan fingerprint density at radius 2 is 2.00 bits per heavy atom. The van der Waals surface area contributed by atoms with Gasteiger partial charge in [0.25, 0.3) is 5.56 Å². The highest BCUT2D eigenvalue weighted by Gasteiger charge is 2.22. The molecule has 2 aromatic rings. The zero-order valence-corrected chi connectivity index (χ0v) is 14.1. The van der Waals surface area contributed by atoms with Gasteiger partial charge < -0.3 is 4.90 Å². The van der Waals surface area contributed by atoms with E-state index in [-0.39, 0.29) is 5.56 Å². The predicted octanol–water partition coefficient (Wildman–Crippen LogP) is 1.94. The van der Waals surface area contributed by atoms with Gasteiger partial charge in [-0.15, -0.1) is 0 Å². The van der Waals surface area contributed by atoms with Crippen LogP contribution in [-0.4, -0.2) is 32.0 Å². The second-order valence-electron chi connectivity index (χ2n) is 5.97. The minimum absolute atomic E-state index is 0.0923. The van der Waals surface area contributed by atoms with Crippen molar-refractivity contribution in [2.45, 2.75) is 40.2 Å². The topological polar surface area (TPSA) is 63.9 Å². The Bertz CT molecular complexity index is 715. The summed E-state index contributed by atoms with van der Waals surface area (Å²) in [5.41, 5.74) is 1.67. The Hall–Kier alpha value is -1.76. The first-order valence-electron chi connectivity index (χ1n) is 7.62. The van der Waals surface area contributed by atoms with Crippen molar-refractivity contribution in [2.24, 2.45) is 5.92 Å². The average Bonchev–Trinajstić information content (AvgIpc) is 2.95. The van der Waals surface area contributed by atoms with Crippen molar-refractivity contribution >= 4 is 16.7 Å². The molecule has 0 spiro atoms. The zero-order chi connectivity index (χ0) is 15.7. The molecule has 2 aromatic heterocycles. The number of hydrogen-bond acceptors (Lipinski definition) is 6. The SMILES string of the molecule is Cc1nsc(N2CCC(Cn3cnc(C)c(C)c3=O)CC2)n1. The standard InChI is InChI=1S/C15H21N5OS/c1-10-11(2)16-9-20(14(10)21)8-13-4-6-19(7-5-13)15-17-12(3)18-22-15/h9,13H,4-8H2,1-3H3. The van der Waals surface area contributed by atoms with Gasteiger partial charge in [-0.2, -0.15) is 4.37 Å². The van der Waals surface area contributed by atoms with Gasteiger partial charge >= 0.3 is 0 Å². The van der Waals surface area contributed by atoms with Crippen LogP contribution in [-0.2, 0) is 6.54 Å². The molecule has 6 nitrogen and oxygen atoms in total. The maximum absolute atomic E-state index is 12.2. The van der Waals surface area contributed by atoms with Crippen LogP contribution in [0.2, 0.25) is 0 Å². The zero-order valence-electron chi connectivity index (χ0n) is 13.2. The fraction of sp³-hybridized carbons (Fsp3) is 0.600. The van der Waals surface area contributed by atoms with E-state index in [4.69, 9.17) is 0 Å². The molecule has 0 aromatic carbocycles. The largest absolute Gasteiger partial charge is 0.347 e. The predicted molar refractivity (Wildman–Crippen MR) is 87.6 cm³/mol. The number of anilines is 1. The lowest BCUT2D eigenvalue weighted by Crippen LogP contribution is -2.36. The quantitative estimate of drug-likeness (QED) is 0.865. The van der Waals surface area contributed by atoms with E-state index in [1.807, 2.05) is 20.8 Å². The van der Waals surface area contributed by atoms with E-state index in [0.29, 0.717) is 5.92 Å². The first-order chi connectivity index (χ1) is 10.5. The molecule has 0 radical (unpaired) electrons. The Balaban J connectivity index is 1.63. The highest BCUT2D eigenvalue weighted by atomic mass is 32.1. The number of nitrogens with zero attached hydrogens (tertiary/aromatic N) is 5. The summed E-state index contributed by atoms with van der Waals surface area (Å²) in [6.45, 7) is 8.37. The molecule has 0 atom stereocenters. The van der Waals surface area contributed by atoms with Crippen molar-refractivity contribution in [1.29, 1.82) is 0 Å². The molecule has 1 fully saturated rings. The van der Waals surface area contributed by atoms with Gasteiger partial charge in [-0.25, -0.2) is 9.97 Å². The summed E-state index contributed by atoms with van der Waals surface area (Å²) in [4.78, 5) is 23.3. The van der Waals surface area contributed by atoms with E-state index < -0.39 is 0 Å². The van der Waals surface area contributed by atoms with E-state index in [2.05, 4.69) is 19.2 Å². The number of aryl methyl sites for hydroxylation is 2. The van der Waals surface area contributed by atoms with E-state index >= 15 is 0 Å². The Morgan fingerprint density at radius 3 is 2.64 bits per heavy atom. The van der Waals surface area contributed by atoms with Crippen LogP contribution in [0.5, 0.6) is 0 Å². The lowest BCUT2D eigenvalue weighted by Gasteiger charge is -2.31. The molecule has 7 heteroatoms. The van der Waals surface area contributed by atoms with E-state index in [9.17, 15) is 4.79 Å². The van der Waals surface area contributed by atoms with E-state index in [0.717, 1.165) is 54.7 Å². The molecular weight excluding hydrogens is 298 g/mol. The molecule has 0 N–H and O–H groups in total. The fourth-order valence-electron chi connectivity index (χ4n) is 2.81. The summed E-state index contributed by atoms with van der Waals surface area (Å²) in [5.74, 6) is 1.36. The molecule has 3 heterocycles. The maximum Gasteiger partial charge on any atom is 0.256 e. The van der Waals surface area contributed by atoms with Gasteiger partial charge in [0.05, 0.1) is 6.33 Å². The van der Waals surface area contributed by atoms with Crippen LogP contribution in [0, 0.1) is 26.7 Å². The Morgan fingerprint density at radius 1 is 1.27 bits per heavy atom. The van der Waals surface area contributed by atoms with Gasteiger partial charge in [-0.1, -0.05) is 0 Å². The summed E-state index contributed by atoms with van der Waals surface area (Å²) >= 11 is 1.47. The van der Waals surface area contributed by atoms with Crippen LogP contribution in [0.25, 0.3) is 0 Å². The van der Waals surface area contributed by atoms with Gasteiger partial charge in [0.15, 0.2) is 0 Å². The summed E-state index contributed by atoms with van der Waals surface area (Å²) in [5, 5.41) is 1.01. The van der Waals surface area contributed by atoms with Crippen LogP contribution in [0.4, 0.5) is 5.13 Å². The van der Waals surface area contributed by atoms with Crippen LogP contribution in [0.15, 0.2) is 11.1 Å². The molecule has 118 valence electrons. The van der Waals surface area contributed by atoms with Crippen molar-refractivity contribution in [3.8, 4) is 0 Å². The Labute approximate surface area is 134 Å². The lowest BCUT2D eigenvalue weighted by molar-refractivity contribution is 0.350. The number of aromatic nitrogens is 4. The summed E-state index contributed by atoms with van der Waals surface area (Å²) < 4.78 is 6.00. The van der Waals surface area contributed by atoms with Crippen molar-refractivity contribution in [2.75, 3.05) is 18.0 Å². The highest BCUT2D eigenvalue weighted by Crippen LogP contribution is 2.25. The Kier molecular flexibility index (Phi) is 4.24. The second kappa shape index (κ2) is 6.16. The monoisotopic (exact) mass is 319 g/mol. The molecule has 1 aliphatic heterocycles. The van der Waals surface area contributed by atoms with Crippen molar-refractivity contribution in [3.05, 3.63) is 33.8 Å². The molecular formula is C15H21N5OS. The van der Waals surface area contributed by atoms with E-state index in [1.165, 1.54) is 11.5 Å². The van der Waals surface area contributed by atoms with E-state index in [1.54, 1.807) is 10.9 Å². The first kappa shape index (κ1) is 15.1. The van der Waals surface area contributed by atoms with Crippen LogP contribution in [0.3, 0.4) is 0 Å². The molecule has 0 unspecified atom stereocenters. The fourth-order valence-corrected chi connectivity index (χ4v) is 3.53. The summed E-state index contributed by atoms with van der Waals surface area (Å²) in [7, 11) is 0. The number of rotatable bonds is 3. The molecule has 1 aliphatic rings. The first-order valence-corrected chi connectivity index (χ1v) is 8.40. The second-order valence-corrected chi connectivity index (χ2v) is 6.70. The summed E-state index contributed by atoms with van der Waals surface area (Å²) in [6.07, 6.45) is 3.82. The molecule has 3 rings (SSSR count). The third-order valence-corrected chi connectivity index (χ3v) is 5.24. The van der Waals surface area contributed by atoms with Crippen LogP contribution >= 0.6 is 11.5 Å². The van der Waals surface area contributed by atoms with Gasteiger partial charge in [0.1, 0.15) is 5.82 Å². The third kappa shape index (κ3) is 3.04. The molecule has 0 saturated carbocycles. The molecule has 1 saturated heterocycles. The van der Waals surface area contributed by atoms with Gasteiger partial charge in [0, 0.05) is 42.4 Å². The highest BCUT2D eigenvalue weighted by molar-refractivity contribution is 7.09. The van der Waals surface area contributed by atoms with Crippen molar-refractivity contribution in [3.63, 3.8) is 0 Å². The van der Waals surface area contributed by atoms with Gasteiger partial charge in [-0.3, -0.25) is 9.36 Å². The lowest BCUT2D eigenvalue weighted by atomic mass is 9.97. The van der Waals surface area contributed by atoms with Crippen LogP contribution < -0.4 is 10.5 Å². The third-order valence-electron chi connectivity index (χ3n) is 4.37. The minimum Gasteiger partial charge on any atom is -0.347 e. The van der Waals surface area contributed by atoms with Gasteiger partial charge in [0.2, 0.25) is 5.13 Å². The normalized spacial score (nSPS) is 16.2. The molecule has 0 amide bonds. The molecule has 22 heavy (non-hydrogen) atoms. The van der Waals surface area contributed by atoms with Crippen molar-refractivity contribution < 1.29 is 0 Å². The number of piperidine rings is 1. The van der Waals surface area contributed by atoms with Gasteiger partial charge in [-0.05, 0) is 39.5 Å². The summed E-state index contributed by atoms with van der Waals surface area (Å²) in [6, 6.07) is 0. The number of hydrogen-bond donors (Lipinski definition) is 0. The maximum atomic E-state index is 12.2. The molecule has 0 aliphatic carbocycles.